The Hall–Kier alpha value is -0.640. The molecular formula is C11H18Cl2N2O. The van der Waals surface area contributed by atoms with E-state index in [2.05, 4.69) is 18.0 Å². The highest BCUT2D eigenvalue weighted by atomic mass is 35.5. The summed E-state index contributed by atoms with van der Waals surface area (Å²) in [6, 6.07) is 6.22. The maximum atomic E-state index is 5.83. The third-order valence-electron chi connectivity index (χ3n) is 2.60. The number of rotatable bonds is 1. The van der Waals surface area contributed by atoms with Gasteiger partial charge in [-0.15, -0.1) is 24.8 Å². The quantitative estimate of drug-likeness (QED) is 0.847. The van der Waals surface area contributed by atoms with Gasteiger partial charge >= 0.3 is 0 Å². The Morgan fingerprint density at radius 3 is 2.69 bits per heavy atom. The fourth-order valence-corrected chi connectivity index (χ4v) is 1.65. The lowest BCUT2D eigenvalue weighted by Crippen LogP contribution is -2.29. The van der Waals surface area contributed by atoms with Crippen molar-refractivity contribution in [1.82, 2.24) is 0 Å². The van der Waals surface area contributed by atoms with Crippen LogP contribution >= 0.6 is 24.8 Å². The molecule has 1 aromatic rings. The van der Waals surface area contributed by atoms with Gasteiger partial charge in [0, 0.05) is 13.1 Å². The van der Waals surface area contributed by atoms with Gasteiger partial charge in [0.15, 0.2) is 0 Å². The van der Waals surface area contributed by atoms with Gasteiger partial charge in [0.05, 0.1) is 12.2 Å². The highest BCUT2D eigenvalue weighted by Gasteiger charge is 2.15. The van der Waals surface area contributed by atoms with E-state index in [-0.39, 0.29) is 30.9 Å². The van der Waals surface area contributed by atoms with Crippen LogP contribution in [0.1, 0.15) is 18.5 Å². The van der Waals surface area contributed by atoms with Crippen molar-refractivity contribution >= 4 is 30.5 Å². The highest BCUT2D eigenvalue weighted by Crippen LogP contribution is 2.32. The molecule has 1 aliphatic rings. The van der Waals surface area contributed by atoms with Gasteiger partial charge in [-0.05, 0) is 24.6 Å². The number of hydrogen-bond acceptors (Lipinski definition) is 3. The van der Waals surface area contributed by atoms with E-state index in [9.17, 15) is 0 Å². The fraction of sp³-hybridized carbons (Fsp3) is 0.455. The minimum atomic E-state index is 0. The first-order valence-electron chi connectivity index (χ1n) is 4.92. The second-order valence-corrected chi connectivity index (χ2v) is 3.79. The number of nitrogens with zero attached hydrogens (tertiary/aromatic N) is 1. The Morgan fingerprint density at radius 1 is 1.38 bits per heavy atom. The highest BCUT2D eigenvalue weighted by molar-refractivity contribution is 5.85. The molecule has 0 saturated heterocycles. The van der Waals surface area contributed by atoms with Crippen molar-refractivity contribution in [2.45, 2.75) is 13.0 Å². The van der Waals surface area contributed by atoms with Gasteiger partial charge in [-0.1, -0.05) is 6.07 Å². The lowest BCUT2D eigenvalue weighted by molar-refractivity contribution is 0.311. The molecule has 1 aromatic carbocycles. The van der Waals surface area contributed by atoms with Crippen LogP contribution in [0.25, 0.3) is 0 Å². The van der Waals surface area contributed by atoms with Crippen molar-refractivity contribution in [3.63, 3.8) is 0 Å². The van der Waals surface area contributed by atoms with Crippen molar-refractivity contribution in [3.8, 4) is 5.75 Å². The van der Waals surface area contributed by atoms with Crippen LogP contribution in [-0.4, -0.2) is 20.2 Å². The molecule has 16 heavy (non-hydrogen) atoms. The first kappa shape index (κ1) is 15.4. The number of likely N-dealkylation sites (N-methyl/N-ethyl adjacent to an activating group) is 1. The minimum Gasteiger partial charge on any atom is -0.490 e. The Balaban J connectivity index is 0.00000112. The molecule has 0 saturated carbocycles. The lowest BCUT2D eigenvalue weighted by atomic mass is 10.1. The number of benzene rings is 1. The first-order chi connectivity index (χ1) is 6.68. The van der Waals surface area contributed by atoms with E-state index in [1.54, 1.807) is 0 Å². The van der Waals surface area contributed by atoms with Crippen LogP contribution in [0.4, 0.5) is 5.69 Å². The SMILES string of the molecule is CC(N)c1ccc2c(c1)N(C)CCO2.Cl.Cl. The van der Waals surface area contributed by atoms with E-state index < -0.39 is 0 Å². The van der Waals surface area contributed by atoms with Crippen LogP contribution in [0.2, 0.25) is 0 Å². The number of fused-ring (bicyclic) bond motifs is 1. The average Bonchev–Trinajstić information content (AvgIpc) is 2.18. The van der Waals surface area contributed by atoms with Crippen LogP contribution in [0.15, 0.2) is 18.2 Å². The summed E-state index contributed by atoms with van der Waals surface area (Å²) in [5.41, 5.74) is 8.13. The Labute approximate surface area is 109 Å². The summed E-state index contributed by atoms with van der Waals surface area (Å²) in [6.45, 7) is 3.70. The van der Waals surface area contributed by atoms with E-state index in [0.717, 1.165) is 30.2 Å². The molecule has 0 radical (unpaired) electrons. The Morgan fingerprint density at radius 2 is 2.06 bits per heavy atom. The van der Waals surface area contributed by atoms with Crippen molar-refractivity contribution in [3.05, 3.63) is 23.8 Å². The van der Waals surface area contributed by atoms with Gasteiger partial charge in [-0.3, -0.25) is 0 Å². The number of ether oxygens (including phenoxy) is 1. The molecule has 2 rings (SSSR count). The van der Waals surface area contributed by atoms with Gasteiger partial charge in [-0.25, -0.2) is 0 Å². The number of nitrogens with two attached hydrogens (primary N) is 1. The van der Waals surface area contributed by atoms with E-state index in [0.29, 0.717) is 0 Å². The Bertz CT molecular complexity index is 345. The summed E-state index contributed by atoms with van der Waals surface area (Å²) in [7, 11) is 2.08. The van der Waals surface area contributed by atoms with Gasteiger partial charge in [0.25, 0.3) is 0 Å². The van der Waals surface area contributed by atoms with Gasteiger partial charge in [-0.2, -0.15) is 0 Å². The number of halogens is 2. The van der Waals surface area contributed by atoms with Crippen LogP contribution in [0.5, 0.6) is 5.75 Å². The summed E-state index contributed by atoms with van der Waals surface area (Å²) < 4.78 is 5.55. The molecule has 0 spiro atoms. The molecule has 0 aromatic heterocycles. The molecule has 0 fully saturated rings. The van der Waals surface area contributed by atoms with Gasteiger partial charge in [0.2, 0.25) is 0 Å². The first-order valence-corrected chi connectivity index (χ1v) is 4.92. The number of hydrogen-bond donors (Lipinski definition) is 1. The third kappa shape index (κ3) is 2.94. The molecule has 2 N–H and O–H groups in total. The smallest absolute Gasteiger partial charge is 0.142 e. The summed E-state index contributed by atoms with van der Waals surface area (Å²) in [4.78, 5) is 2.20. The summed E-state index contributed by atoms with van der Waals surface area (Å²) in [5.74, 6) is 0.961. The van der Waals surface area contributed by atoms with Crippen molar-refractivity contribution in [1.29, 1.82) is 0 Å². The predicted octanol–water partition coefficient (Wildman–Crippen LogP) is 2.38. The molecule has 1 atom stereocenters. The normalized spacial score (nSPS) is 15.1. The lowest BCUT2D eigenvalue weighted by Gasteiger charge is -2.28. The van der Waals surface area contributed by atoms with Crippen LogP contribution in [0.3, 0.4) is 0 Å². The molecule has 0 aliphatic carbocycles. The molecule has 1 aliphatic heterocycles. The molecule has 0 bridgehead atoms. The predicted molar refractivity (Wildman–Crippen MR) is 72.3 cm³/mol. The van der Waals surface area contributed by atoms with Gasteiger partial charge < -0.3 is 15.4 Å². The van der Waals surface area contributed by atoms with Crippen LogP contribution < -0.4 is 15.4 Å². The summed E-state index contributed by atoms with van der Waals surface area (Å²) >= 11 is 0. The summed E-state index contributed by atoms with van der Waals surface area (Å²) in [5, 5.41) is 0. The zero-order chi connectivity index (χ0) is 10.1. The van der Waals surface area contributed by atoms with Crippen LogP contribution in [-0.2, 0) is 0 Å². The van der Waals surface area contributed by atoms with Crippen LogP contribution in [0, 0.1) is 0 Å². The Kier molecular flexibility index (Phi) is 5.94. The van der Waals surface area contributed by atoms with Crippen molar-refractivity contribution in [2.75, 3.05) is 25.1 Å². The van der Waals surface area contributed by atoms with Crippen molar-refractivity contribution < 1.29 is 4.74 Å². The second kappa shape index (κ2) is 6.18. The summed E-state index contributed by atoms with van der Waals surface area (Å²) in [6.07, 6.45) is 0. The second-order valence-electron chi connectivity index (χ2n) is 3.79. The van der Waals surface area contributed by atoms with E-state index in [1.165, 1.54) is 0 Å². The molecule has 1 unspecified atom stereocenters. The van der Waals surface area contributed by atoms with E-state index in [1.807, 2.05) is 19.1 Å². The number of anilines is 1. The minimum absolute atomic E-state index is 0. The van der Waals surface area contributed by atoms with E-state index in [4.69, 9.17) is 10.5 Å². The van der Waals surface area contributed by atoms with E-state index >= 15 is 0 Å². The zero-order valence-corrected chi connectivity index (χ0v) is 11.1. The molecule has 1 heterocycles. The molecular weight excluding hydrogens is 247 g/mol. The molecule has 3 nitrogen and oxygen atoms in total. The maximum absolute atomic E-state index is 5.83. The largest absolute Gasteiger partial charge is 0.490 e. The topological polar surface area (TPSA) is 38.5 Å². The zero-order valence-electron chi connectivity index (χ0n) is 9.47. The molecule has 92 valence electrons. The monoisotopic (exact) mass is 264 g/mol. The van der Waals surface area contributed by atoms with Gasteiger partial charge in [0.1, 0.15) is 12.4 Å². The fourth-order valence-electron chi connectivity index (χ4n) is 1.65. The third-order valence-corrected chi connectivity index (χ3v) is 2.60. The van der Waals surface area contributed by atoms with Crippen molar-refractivity contribution in [2.24, 2.45) is 5.73 Å². The average molecular weight is 265 g/mol. The standard InChI is InChI=1S/C11H16N2O.2ClH/c1-8(12)9-3-4-11-10(7-9)13(2)5-6-14-11;;/h3-4,7-8H,5-6,12H2,1-2H3;2*1H. The molecule has 0 amide bonds. The molecule has 5 heteroatoms. The maximum Gasteiger partial charge on any atom is 0.142 e.